The second kappa shape index (κ2) is 7.72. The summed E-state index contributed by atoms with van der Waals surface area (Å²) >= 11 is 5.21. The number of amides is 2. The normalized spacial score (nSPS) is 10.8. The highest BCUT2D eigenvalue weighted by molar-refractivity contribution is 7.71. The Balaban J connectivity index is 1.46. The number of carbonyl (C=O) groups is 2. The first-order valence-electron chi connectivity index (χ1n) is 8.73. The van der Waals surface area contributed by atoms with Gasteiger partial charge in [-0.2, -0.15) is 0 Å². The molecule has 146 valence electrons. The van der Waals surface area contributed by atoms with Crippen molar-refractivity contribution < 1.29 is 14.0 Å². The van der Waals surface area contributed by atoms with Crippen LogP contribution >= 0.6 is 12.2 Å². The van der Waals surface area contributed by atoms with Gasteiger partial charge in [-0.25, -0.2) is 4.39 Å². The Bertz CT molecular complexity index is 1260. The number of rotatable bonds is 4. The molecule has 2 heterocycles. The van der Waals surface area contributed by atoms with Crippen LogP contribution in [0.3, 0.4) is 0 Å². The molecule has 7 nitrogen and oxygen atoms in total. The number of nitrogens with one attached hydrogen (secondary N) is 4. The van der Waals surface area contributed by atoms with Crippen LogP contribution in [0, 0.1) is 10.6 Å². The van der Waals surface area contributed by atoms with Gasteiger partial charge in [0.25, 0.3) is 5.91 Å². The summed E-state index contributed by atoms with van der Waals surface area (Å²) in [4.78, 5) is 30.7. The van der Waals surface area contributed by atoms with Crippen LogP contribution < -0.4 is 10.9 Å². The molecule has 4 N–H and O–H groups in total. The van der Waals surface area contributed by atoms with Crippen molar-refractivity contribution in [1.82, 2.24) is 25.4 Å². The van der Waals surface area contributed by atoms with Gasteiger partial charge in [0.1, 0.15) is 11.5 Å². The highest BCUT2D eigenvalue weighted by atomic mass is 32.1. The summed E-state index contributed by atoms with van der Waals surface area (Å²) in [5, 5.41) is 0.949. The van der Waals surface area contributed by atoms with Crippen molar-refractivity contribution >= 4 is 34.9 Å². The number of hydrazine groups is 1. The number of para-hydroxylation sites is 1. The van der Waals surface area contributed by atoms with E-state index in [1.54, 1.807) is 6.20 Å². The van der Waals surface area contributed by atoms with Crippen molar-refractivity contribution in [2.24, 2.45) is 0 Å². The molecule has 0 radical (unpaired) electrons. The lowest BCUT2D eigenvalue weighted by Gasteiger charge is -2.10. The van der Waals surface area contributed by atoms with Gasteiger partial charge in [-0.1, -0.05) is 18.2 Å². The first-order chi connectivity index (χ1) is 14.0. The average Bonchev–Trinajstić information content (AvgIpc) is 3.31. The fourth-order valence-corrected chi connectivity index (χ4v) is 3.33. The van der Waals surface area contributed by atoms with Gasteiger partial charge in [-0.15, -0.1) is 0 Å². The molecule has 0 saturated carbocycles. The molecule has 0 fully saturated rings. The molecular weight excluding hydrogens is 393 g/mol. The Morgan fingerprint density at radius 1 is 1.00 bits per heavy atom. The predicted molar refractivity (Wildman–Crippen MR) is 109 cm³/mol. The van der Waals surface area contributed by atoms with Crippen molar-refractivity contribution in [3.05, 3.63) is 82.8 Å². The van der Waals surface area contributed by atoms with E-state index in [4.69, 9.17) is 12.2 Å². The van der Waals surface area contributed by atoms with E-state index in [-0.39, 0.29) is 22.8 Å². The van der Waals surface area contributed by atoms with Crippen LogP contribution in [0.15, 0.2) is 60.9 Å². The van der Waals surface area contributed by atoms with Gasteiger partial charge in [-0.3, -0.25) is 25.0 Å². The molecule has 2 amide bonds. The minimum absolute atomic E-state index is 0.0989. The van der Waals surface area contributed by atoms with E-state index in [0.29, 0.717) is 5.69 Å². The molecular formula is C20H16FN5O2S. The quantitative estimate of drug-likeness (QED) is 0.308. The second-order valence-corrected chi connectivity index (χ2v) is 6.72. The van der Waals surface area contributed by atoms with Crippen LogP contribution in [-0.4, -0.2) is 26.3 Å². The van der Waals surface area contributed by atoms with Gasteiger partial charge in [0.05, 0.1) is 6.42 Å². The fourth-order valence-electron chi connectivity index (χ4n) is 3.07. The molecule has 2 aromatic carbocycles. The average molecular weight is 409 g/mol. The summed E-state index contributed by atoms with van der Waals surface area (Å²) in [5.41, 5.74) is 7.25. The van der Waals surface area contributed by atoms with Crippen molar-refractivity contribution in [3.63, 3.8) is 0 Å². The number of aromatic nitrogens is 3. The lowest BCUT2D eigenvalue weighted by molar-refractivity contribution is -0.121. The van der Waals surface area contributed by atoms with E-state index < -0.39 is 11.7 Å². The lowest BCUT2D eigenvalue weighted by atomic mass is 10.1. The Morgan fingerprint density at radius 2 is 1.76 bits per heavy atom. The first-order valence-corrected chi connectivity index (χ1v) is 9.14. The zero-order valence-corrected chi connectivity index (χ0v) is 15.8. The third kappa shape index (κ3) is 3.81. The van der Waals surface area contributed by atoms with E-state index in [1.807, 2.05) is 24.3 Å². The smallest absolute Gasteiger partial charge is 0.288 e. The zero-order chi connectivity index (χ0) is 20.4. The van der Waals surface area contributed by atoms with Crippen molar-refractivity contribution in [3.8, 4) is 5.69 Å². The van der Waals surface area contributed by atoms with E-state index in [9.17, 15) is 14.0 Å². The van der Waals surface area contributed by atoms with Crippen LogP contribution in [-0.2, 0) is 11.2 Å². The first kappa shape index (κ1) is 18.6. The third-order valence-electron chi connectivity index (χ3n) is 4.44. The van der Waals surface area contributed by atoms with Gasteiger partial charge >= 0.3 is 0 Å². The summed E-state index contributed by atoms with van der Waals surface area (Å²) in [6, 6.07) is 13.2. The van der Waals surface area contributed by atoms with E-state index in [0.717, 1.165) is 16.5 Å². The second-order valence-electron chi connectivity index (χ2n) is 6.33. The van der Waals surface area contributed by atoms with Crippen LogP contribution in [0.4, 0.5) is 4.39 Å². The zero-order valence-electron chi connectivity index (χ0n) is 15.0. The summed E-state index contributed by atoms with van der Waals surface area (Å²) in [6.45, 7) is 0. The predicted octanol–water partition coefficient (Wildman–Crippen LogP) is 3.16. The molecule has 0 saturated heterocycles. The molecule has 0 aliphatic carbocycles. The molecule has 0 aliphatic heterocycles. The number of carbonyl (C=O) groups excluding carboxylic acids is 2. The molecule has 0 spiro atoms. The summed E-state index contributed by atoms with van der Waals surface area (Å²) < 4.78 is 14.9. The number of nitrogens with zero attached hydrogens (tertiary/aromatic N) is 1. The number of H-pyrrole nitrogens is 2. The largest absolute Gasteiger partial charge is 0.361 e. The maximum atomic E-state index is 13.2. The molecule has 4 aromatic rings. The van der Waals surface area contributed by atoms with Crippen LogP contribution in [0.25, 0.3) is 16.6 Å². The van der Waals surface area contributed by atoms with E-state index in [1.165, 1.54) is 35.0 Å². The maximum Gasteiger partial charge on any atom is 0.288 e. The summed E-state index contributed by atoms with van der Waals surface area (Å²) in [6.07, 6.45) is 3.29. The van der Waals surface area contributed by atoms with Gasteiger partial charge in [0.2, 0.25) is 5.91 Å². The number of hydrogen-bond acceptors (Lipinski definition) is 3. The lowest BCUT2D eigenvalue weighted by Crippen LogP contribution is -2.43. The van der Waals surface area contributed by atoms with Crippen LogP contribution in [0.5, 0.6) is 0 Å². The van der Waals surface area contributed by atoms with Gasteiger partial charge < -0.3 is 9.97 Å². The monoisotopic (exact) mass is 409 g/mol. The standard InChI is InChI=1S/C20H16FN5O2S/c21-13-5-7-14(8-6-13)26-17(11-23-20(26)29)19(28)25-24-18(27)9-12-10-22-16-4-2-1-3-15(12)16/h1-8,10-11,22H,9H2,(H,23,29)(H,24,27)(H,25,28). The molecule has 9 heteroatoms. The Morgan fingerprint density at radius 3 is 2.55 bits per heavy atom. The van der Waals surface area contributed by atoms with E-state index in [2.05, 4.69) is 20.8 Å². The van der Waals surface area contributed by atoms with Crippen LogP contribution in [0.2, 0.25) is 0 Å². The van der Waals surface area contributed by atoms with Crippen LogP contribution in [0.1, 0.15) is 16.1 Å². The minimum Gasteiger partial charge on any atom is -0.361 e. The maximum absolute atomic E-state index is 13.2. The number of benzene rings is 2. The Hall–Kier alpha value is -3.72. The number of aromatic amines is 2. The van der Waals surface area contributed by atoms with Gasteiger partial charge in [0.15, 0.2) is 4.77 Å². The number of hydrogen-bond donors (Lipinski definition) is 4. The SMILES string of the molecule is O=C(Cc1c[nH]c2ccccc12)NNC(=O)c1c[nH]c(=S)n1-c1ccc(F)cc1. The number of fused-ring (bicyclic) bond motifs is 1. The van der Waals surface area contributed by atoms with Gasteiger partial charge in [0, 0.05) is 29.0 Å². The van der Waals surface area contributed by atoms with E-state index >= 15 is 0 Å². The summed E-state index contributed by atoms with van der Waals surface area (Å²) in [7, 11) is 0. The Labute approximate surface area is 169 Å². The molecule has 4 rings (SSSR count). The molecule has 29 heavy (non-hydrogen) atoms. The summed E-state index contributed by atoms with van der Waals surface area (Å²) in [5.74, 6) is -1.33. The number of imidazole rings is 1. The number of halogens is 1. The Kier molecular flexibility index (Phi) is 4.96. The van der Waals surface area contributed by atoms with Crippen molar-refractivity contribution in [1.29, 1.82) is 0 Å². The molecule has 0 bridgehead atoms. The molecule has 0 aliphatic rings. The fraction of sp³-hybridized carbons (Fsp3) is 0.0500. The highest BCUT2D eigenvalue weighted by Gasteiger charge is 2.16. The highest BCUT2D eigenvalue weighted by Crippen LogP contribution is 2.18. The minimum atomic E-state index is -0.561. The van der Waals surface area contributed by atoms with Gasteiger partial charge in [-0.05, 0) is 48.1 Å². The third-order valence-corrected chi connectivity index (χ3v) is 4.74. The topological polar surface area (TPSA) is 94.7 Å². The molecule has 0 atom stereocenters. The molecule has 0 unspecified atom stereocenters. The molecule has 2 aromatic heterocycles. The van der Waals surface area contributed by atoms with Crippen molar-refractivity contribution in [2.45, 2.75) is 6.42 Å². The van der Waals surface area contributed by atoms with Crippen molar-refractivity contribution in [2.75, 3.05) is 0 Å².